The zero-order valence-electron chi connectivity index (χ0n) is 11.5. The van der Waals surface area contributed by atoms with Crippen molar-refractivity contribution in [1.82, 2.24) is 0 Å². The molecule has 0 aliphatic heterocycles. The van der Waals surface area contributed by atoms with Crippen LogP contribution in [-0.4, -0.2) is 19.2 Å². The summed E-state index contributed by atoms with van der Waals surface area (Å²) < 4.78 is 10.5. The van der Waals surface area contributed by atoms with Crippen LogP contribution in [0.2, 0.25) is 0 Å². The fraction of sp³-hybridized carbons (Fsp3) is 0.235. The third-order valence-electron chi connectivity index (χ3n) is 2.86. The average Bonchev–Trinajstić information content (AvgIpc) is 2.46. The Hall–Kier alpha value is -2.29. The standard InChI is InChI=1S/C17H18O3/c1-14(18)19-11-12-20-17-10-6-5-9-16(17)13-15-7-3-2-4-8-15/h2-10H,11-13H2,1H3. The molecule has 104 valence electrons. The van der Waals surface area contributed by atoms with E-state index in [2.05, 4.69) is 12.1 Å². The van der Waals surface area contributed by atoms with E-state index in [-0.39, 0.29) is 12.6 Å². The van der Waals surface area contributed by atoms with Gasteiger partial charge in [-0.1, -0.05) is 48.5 Å². The molecule has 0 N–H and O–H groups in total. The van der Waals surface area contributed by atoms with Gasteiger partial charge < -0.3 is 9.47 Å². The Balaban J connectivity index is 1.97. The normalized spacial score (nSPS) is 10.1. The van der Waals surface area contributed by atoms with Crippen molar-refractivity contribution >= 4 is 5.97 Å². The molecule has 0 unspecified atom stereocenters. The molecule has 2 aromatic rings. The first-order valence-corrected chi connectivity index (χ1v) is 6.63. The highest BCUT2D eigenvalue weighted by atomic mass is 16.6. The minimum absolute atomic E-state index is 0.273. The molecule has 0 bridgehead atoms. The minimum Gasteiger partial charge on any atom is -0.490 e. The number of carbonyl (C=O) groups is 1. The van der Waals surface area contributed by atoms with Gasteiger partial charge in [0.15, 0.2) is 0 Å². The van der Waals surface area contributed by atoms with E-state index in [0.29, 0.717) is 6.61 Å². The van der Waals surface area contributed by atoms with Crippen LogP contribution in [0.3, 0.4) is 0 Å². The largest absolute Gasteiger partial charge is 0.490 e. The second-order valence-corrected chi connectivity index (χ2v) is 4.46. The first-order valence-electron chi connectivity index (χ1n) is 6.63. The number of para-hydroxylation sites is 1. The lowest BCUT2D eigenvalue weighted by molar-refractivity contribution is -0.141. The predicted molar refractivity (Wildman–Crippen MR) is 77.8 cm³/mol. The van der Waals surface area contributed by atoms with E-state index in [1.807, 2.05) is 42.5 Å². The Morgan fingerprint density at radius 2 is 1.65 bits per heavy atom. The Kier molecular flexibility index (Phi) is 5.18. The van der Waals surface area contributed by atoms with Crippen molar-refractivity contribution in [3.63, 3.8) is 0 Å². The summed E-state index contributed by atoms with van der Waals surface area (Å²) in [6.45, 7) is 2.03. The second kappa shape index (κ2) is 7.34. The molecule has 0 heterocycles. The molecule has 0 aliphatic carbocycles. The van der Waals surface area contributed by atoms with Gasteiger partial charge in [-0.05, 0) is 17.2 Å². The summed E-state index contributed by atoms with van der Waals surface area (Å²) in [5, 5.41) is 0. The van der Waals surface area contributed by atoms with Gasteiger partial charge in [-0.2, -0.15) is 0 Å². The van der Waals surface area contributed by atoms with Gasteiger partial charge in [0.25, 0.3) is 0 Å². The SMILES string of the molecule is CC(=O)OCCOc1ccccc1Cc1ccccc1. The lowest BCUT2D eigenvalue weighted by Crippen LogP contribution is -2.10. The van der Waals surface area contributed by atoms with Crippen molar-refractivity contribution in [3.05, 3.63) is 65.7 Å². The van der Waals surface area contributed by atoms with Crippen LogP contribution in [0, 0.1) is 0 Å². The number of rotatable bonds is 6. The van der Waals surface area contributed by atoms with E-state index < -0.39 is 0 Å². The first kappa shape index (κ1) is 14.1. The monoisotopic (exact) mass is 270 g/mol. The zero-order chi connectivity index (χ0) is 14.2. The van der Waals surface area contributed by atoms with E-state index in [9.17, 15) is 4.79 Å². The summed E-state index contributed by atoms with van der Waals surface area (Å²) in [5.41, 5.74) is 2.37. The molecule has 2 rings (SSSR count). The van der Waals surface area contributed by atoms with Crippen molar-refractivity contribution in [2.45, 2.75) is 13.3 Å². The highest BCUT2D eigenvalue weighted by molar-refractivity contribution is 5.65. The number of carbonyl (C=O) groups excluding carboxylic acids is 1. The van der Waals surface area contributed by atoms with E-state index in [1.165, 1.54) is 12.5 Å². The number of benzene rings is 2. The maximum atomic E-state index is 10.7. The Morgan fingerprint density at radius 3 is 2.40 bits per heavy atom. The summed E-state index contributed by atoms with van der Waals surface area (Å²) in [6.07, 6.45) is 0.824. The third kappa shape index (κ3) is 4.43. The molecule has 0 aliphatic rings. The Morgan fingerprint density at radius 1 is 0.950 bits per heavy atom. The van der Waals surface area contributed by atoms with Gasteiger partial charge in [-0.15, -0.1) is 0 Å². The van der Waals surface area contributed by atoms with Gasteiger partial charge in [-0.3, -0.25) is 4.79 Å². The molecule has 0 atom stereocenters. The van der Waals surface area contributed by atoms with Gasteiger partial charge >= 0.3 is 5.97 Å². The molecule has 20 heavy (non-hydrogen) atoms. The highest BCUT2D eigenvalue weighted by Crippen LogP contribution is 2.21. The first-order chi connectivity index (χ1) is 9.75. The van der Waals surface area contributed by atoms with E-state index >= 15 is 0 Å². The van der Waals surface area contributed by atoms with E-state index in [4.69, 9.17) is 9.47 Å². The van der Waals surface area contributed by atoms with Gasteiger partial charge in [0, 0.05) is 13.3 Å². The Labute approximate surface area is 119 Å². The summed E-state index contributed by atoms with van der Waals surface area (Å²) >= 11 is 0. The van der Waals surface area contributed by atoms with Crippen molar-refractivity contribution in [1.29, 1.82) is 0 Å². The molecule has 2 aromatic carbocycles. The zero-order valence-corrected chi connectivity index (χ0v) is 11.5. The van der Waals surface area contributed by atoms with Crippen molar-refractivity contribution in [3.8, 4) is 5.75 Å². The smallest absolute Gasteiger partial charge is 0.302 e. The fourth-order valence-corrected chi connectivity index (χ4v) is 1.94. The van der Waals surface area contributed by atoms with Gasteiger partial charge in [0.05, 0.1) is 0 Å². The quantitative estimate of drug-likeness (QED) is 0.597. The van der Waals surface area contributed by atoms with Crippen molar-refractivity contribution in [2.75, 3.05) is 13.2 Å². The third-order valence-corrected chi connectivity index (χ3v) is 2.86. The van der Waals surface area contributed by atoms with E-state index in [0.717, 1.165) is 17.7 Å². The number of esters is 1. The molecule has 0 radical (unpaired) electrons. The van der Waals surface area contributed by atoms with Crippen LogP contribution in [0.15, 0.2) is 54.6 Å². The predicted octanol–water partition coefficient (Wildman–Crippen LogP) is 3.22. The second-order valence-electron chi connectivity index (χ2n) is 4.46. The fourth-order valence-electron chi connectivity index (χ4n) is 1.94. The van der Waals surface area contributed by atoms with Gasteiger partial charge in [0.2, 0.25) is 0 Å². The van der Waals surface area contributed by atoms with Crippen LogP contribution in [0.1, 0.15) is 18.1 Å². The number of hydrogen-bond donors (Lipinski definition) is 0. The molecule has 3 heteroatoms. The maximum Gasteiger partial charge on any atom is 0.302 e. The lowest BCUT2D eigenvalue weighted by Gasteiger charge is -2.11. The van der Waals surface area contributed by atoms with Crippen LogP contribution < -0.4 is 4.74 Å². The molecule has 0 saturated carbocycles. The van der Waals surface area contributed by atoms with Crippen LogP contribution in [-0.2, 0) is 16.0 Å². The molecular weight excluding hydrogens is 252 g/mol. The number of hydrogen-bond acceptors (Lipinski definition) is 3. The van der Waals surface area contributed by atoms with Gasteiger partial charge in [0.1, 0.15) is 19.0 Å². The minimum atomic E-state index is -0.286. The molecular formula is C17H18O3. The highest BCUT2D eigenvalue weighted by Gasteiger charge is 2.04. The summed E-state index contributed by atoms with van der Waals surface area (Å²) in [7, 11) is 0. The van der Waals surface area contributed by atoms with Crippen LogP contribution in [0.4, 0.5) is 0 Å². The van der Waals surface area contributed by atoms with E-state index in [1.54, 1.807) is 0 Å². The molecule has 0 saturated heterocycles. The molecule has 0 spiro atoms. The summed E-state index contributed by atoms with van der Waals surface area (Å²) in [6, 6.07) is 18.2. The lowest BCUT2D eigenvalue weighted by atomic mass is 10.0. The van der Waals surface area contributed by atoms with Crippen LogP contribution in [0.25, 0.3) is 0 Å². The summed E-state index contributed by atoms with van der Waals surface area (Å²) in [5.74, 6) is 0.551. The maximum absolute atomic E-state index is 10.7. The van der Waals surface area contributed by atoms with Crippen molar-refractivity contribution in [2.24, 2.45) is 0 Å². The molecule has 0 fully saturated rings. The molecule has 0 aromatic heterocycles. The van der Waals surface area contributed by atoms with Crippen LogP contribution >= 0.6 is 0 Å². The number of ether oxygens (including phenoxy) is 2. The van der Waals surface area contributed by atoms with Gasteiger partial charge in [-0.25, -0.2) is 0 Å². The van der Waals surface area contributed by atoms with Crippen molar-refractivity contribution < 1.29 is 14.3 Å². The summed E-state index contributed by atoms with van der Waals surface area (Å²) in [4.78, 5) is 10.7. The van der Waals surface area contributed by atoms with Crippen LogP contribution in [0.5, 0.6) is 5.75 Å². The molecule has 3 nitrogen and oxygen atoms in total. The Bertz CT molecular complexity index is 549. The molecule has 0 amide bonds. The topological polar surface area (TPSA) is 35.5 Å². The average molecular weight is 270 g/mol.